The lowest BCUT2D eigenvalue weighted by Gasteiger charge is -2.20. The minimum atomic E-state index is 0.909. The summed E-state index contributed by atoms with van der Waals surface area (Å²) in [7, 11) is 0. The van der Waals surface area contributed by atoms with E-state index in [0.29, 0.717) is 0 Å². The van der Waals surface area contributed by atoms with Crippen molar-refractivity contribution >= 4 is 76.4 Å². The molecule has 5 aromatic carbocycles. The van der Waals surface area contributed by atoms with E-state index in [4.69, 9.17) is 9.97 Å². The molecule has 4 nitrogen and oxygen atoms in total. The summed E-state index contributed by atoms with van der Waals surface area (Å²) < 4.78 is 7.43. The number of hydrogen-bond donors (Lipinski definition) is 0. The van der Waals surface area contributed by atoms with Crippen LogP contribution in [0.5, 0.6) is 0 Å². The van der Waals surface area contributed by atoms with Crippen LogP contribution in [0.25, 0.3) is 99.2 Å². The summed E-state index contributed by atoms with van der Waals surface area (Å²) in [6.07, 6.45) is 13.3. The third-order valence-electron chi connectivity index (χ3n) is 11.7. The van der Waals surface area contributed by atoms with Gasteiger partial charge in [-0.1, -0.05) is 103 Å². The zero-order valence-corrected chi connectivity index (χ0v) is 30.9. The maximum Gasteiger partial charge on any atom is 0.145 e. The van der Waals surface area contributed by atoms with Crippen molar-refractivity contribution in [3.63, 3.8) is 0 Å². The number of rotatable bonds is 4. The third kappa shape index (κ3) is 4.70. The molecule has 0 N–H and O–H groups in total. The molecule has 10 aromatic rings. The predicted octanol–water partition coefficient (Wildman–Crippen LogP) is 13.1. The number of benzene rings is 5. The Labute approximate surface area is 322 Å². The molecule has 55 heavy (non-hydrogen) atoms. The van der Waals surface area contributed by atoms with Gasteiger partial charge in [0, 0.05) is 53.0 Å². The van der Waals surface area contributed by atoms with Crippen LogP contribution in [0.15, 0.2) is 146 Å². The molecule has 5 heteroatoms. The van der Waals surface area contributed by atoms with Crippen LogP contribution in [0, 0.1) is 0 Å². The van der Waals surface area contributed by atoms with Crippen molar-refractivity contribution in [2.24, 2.45) is 0 Å². The predicted molar refractivity (Wildman–Crippen MR) is 232 cm³/mol. The van der Waals surface area contributed by atoms with Crippen LogP contribution >= 0.6 is 11.3 Å². The molecule has 2 aliphatic rings. The van der Waals surface area contributed by atoms with Crippen LogP contribution in [0.3, 0.4) is 0 Å². The monoisotopic (exact) mass is 722 g/mol. The van der Waals surface area contributed by atoms with Crippen molar-refractivity contribution in [1.29, 1.82) is 0 Å². The molecule has 5 aromatic heterocycles. The summed E-state index contributed by atoms with van der Waals surface area (Å²) in [5.41, 5.74) is 12.9. The number of thiophene rings is 1. The van der Waals surface area contributed by atoms with E-state index in [9.17, 15) is 0 Å². The van der Waals surface area contributed by atoms with Gasteiger partial charge in [-0.25, -0.2) is 9.97 Å². The smallest absolute Gasteiger partial charge is 0.145 e. The Hall–Kier alpha value is -6.56. The Morgan fingerprint density at radius 1 is 0.491 bits per heavy atom. The number of para-hydroxylation sites is 1. The zero-order chi connectivity index (χ0) is 36.0. The summed E-state index contributed by atoms with van der Waals surface area (Å²) >= 11 is 1.86. The number of aryl methyl sites for hydroxylation is 2. The first-order chi connectivity index (χ1) is 27.3. The minimum Gasteiger partial charge on any atom is -0.294 e. The zero-order valence-electron chi connectivity index (χ0n) is 30.0. The second kappa shape index (κ2) is 12.0. The van der Waals surface area contributed by atoms with Crippen LogP contribution in [-0.4, -0.2) is 19.1 Å². The molecule has 12 rings (SSSR count). The first kappa shape index (κ1) is 30.9. The molecule has 260 valence electrons. The SMILES string of the molecule is C1=Cc2c(cc(-c3ccc4c(c3)sc3ccccc34)nc2-n2c3c(c4cc5c6ccccc6n(-c6cccc(-c7ccccc7)n6)c5cc42)CCC=C3)CC1. The van der Waals surface area contributed by atoms with E-state index in [-0.39, 0.29) is 0 Å². The van der Waals surface area contributed by atoms with E-state index in [1.165, 1.54) is 64.2 Å². The fraction of sp³-hybridized carbons (Fsp3) is 0.0800. The number of fused-ring (bicyclic) bond motifs is 10. The van der Waals surface area contributed by atoms with Crippen molar-refractivity contribution < 1.29 is 0 Å². The Bertz CT molecular complexity index is 3260. The van der Waals surface area contributed by atoms with Gasteiger partial charge in [-0.05, 0) is 91.4 Å². The molecule has 0 bridgehead atoms. The topological polar surface area (TPSA) is 35.6 Å². The van der Waals surface area contributed by atoms with E-state index < -0.39 is 0 Å². The van der Waals surface area contributed by atoms with E-state index in [2.05, 4.69) is 167 Å². The Morgan fingerprint density at radius 3 is 2.24 bits per heavy atom. The largest absolute Gasteiger partial charge is 0.294 e. The molecule has 0 aliphatic heterocycles. The van der Waals surface area contributed by atoms with Gasteiger partial charge >= 0.3 is 0 Å². The van der Waals surface area contributed by atoms with Crippen LogP contribution in [0.4, 0.5) is 0 Å². The Kier molecular flexibility index (Phi) is 6.72. The van der Waals surface area contributed by atoms with Gasteiger partial charge in [0.2, 0.25) is 0 Å². The summed E-state index contributed by atoms with van der Waals surface area (Å²) in [6, 6.07) is 48.4. The van der Waals surface area contributed by atoms with Gasteiger partial charge in [-0.15, -0.1) is 11.3 Å². The van der Waals surface area contributed by atoms with Gasteiger partial charge in [0.1, 0.15) is 11.6 Å². The molecule has 0 spiro atoms. The van der Waals surface area contributed by atoms with Gasteiger partial charge in [0.25, 0.3) is 0 Å². The highest BCUT2D eigenvalue weighted by Crippen LogP contribution is 2.43. The van der Waals surface area contributed by atoms with E-state index in [1.54, 1.807) is 0 Å². The highest BCUT2D eigenvalue weighted by atomic mass is 32.1. The fourth-order valence-electron chi connectivity index (χ4n) is 9.11. The lowest BCUT2D eigenvalue weighted by molar-refractivity contribution is 0.928. The van der Waals surface area contributed by atoms with Gasteiger partial charge in [-0.3, -0.25) is 9.13 Å². The van der Waals surface area contributed by atoms with Crippen LogP contribution in [0.2, 0.25) is 0 Å². The van der Waals surface area contributed by atoms with E-state index in [1.807, 2.05) is 11.3 Å². The normalized spacial score (nSPS) is 13.7. The fourth-order valence-corrected chi connectivity index (χ4v) is 10.3. The molecule has 5 heterocycles. The Balaban J connectivity index is 1.13. The molecule has 0 radical (unpaired) electrons. The molecule has 0 saturated carbocycles. The number of nitrogens with zero attached hydrogens (tertiary/aromatic N) is 4. The lowest BCUT2D eigenvalue weighted by Crippen LogP contribution is -2.09. The van der Waals surface area contributed by atoms with Gasteiger partial charge < -0.3 is 0 Å². The van der Waals surface area contributed by atoms with Crippen molar-refractivity contribution in [2.75, 3.05) is 0 Å². The molecular weight excluding hydrogens is 689 g/mol. The molecular formula is C50H34N4S. The molecule has 0 unspecified atom stereocenters. The van der Waals surface area contributed by atoms with Crippen molar-refractivity contribution in [2.45, 2.75) is 25.7 Å². The van der Waals surface area contributed by atoms with Gasteiger partial charge in [0.15, 0.2) is 0 Å². The van der Waals surface area contributed by atoms with E-state index in [0.717, 1.165) is 70.9 Å². The Morgan fingerprint density at radius 2 is 1.29 bits per heavy atom. The number of hydrogen-bond acceptors (Lipinski definition) is 3. The van der Waals surface area contributed by atoms with Crippen LogP contribution in [-0.2, 0) is 12.8 Å². The first-order valence-electron chi connectivity index (χ1n) is 19.2. The summed E-state index contributed by atoms with van der Waals surface area (Å²) in [5, 5.41) is 6.40. The quantitative estimate of drug-likeness (QED) is 0.181. The average Bonchev–Trinajstić information content (AvgIpc) is 3.90. The molecule has 0 fully saturated rings. The van der Waals surface area contributed by atoms with Crippen LogP contribution in [0.1, 0.15) is 35.2 Å². The van der Waals surface area contributed by atoms with E-state index >= 15 is 0 Å². The second-order valence-corrected chi connectivity index (χ2v) is 15.9. The summed E-state index contributed by atoms with van der Waals surface area (Å²) in [4.78, 5) is 10.9. The minimum absolute atomic E-state index is 0.909. The highest BCUT2D eigenvalue weighted by Gasteiger charge is 2.26. The maximum absolute atomic E-state index is 5.63. The number of allylic oxidation sites excluding steroid dienone is 2. The van der Waals surface area contributed by atoms with Crippen molar-refractivity contribution in [1.82, 2.24) is 19.1 Å². The van der Waals surface area contributed by atoms with Crippen LogP contribution < -0.4 is 0 Å². The van der Waals surface area contributed by atoms with Crippen molar-refractivity contribution in [3.8, 4) is 34.2 Å². The second-order valence-electron chi connectivity index (χ2n) is 14.8. The maximum atomic E-state index is 5.63. The third-order valence-corrected chi connectivity index (χ3v) is 12.8. The average molecular weight is 723 g/mol. The number of pyridine rings is 2. The highest BCUT2D eigenvalue weighted by molar-refractivity contribution is 7.25. The lowest BCUT2D eigenvalue weighted by atomic mass is 9.95. The summed E-state index contributed by atoms with van der Waals surface area (Å²) in [5.74, 6) is 1.91. The molecule has 2 aliphatic carbocycles. The standard InChI is InChI=1S/C50H34N4S/c1-2-13-31(14-3-1)41-20-12-24-49(51-41)53-43-21-9-6-17-35(43)39-29-40-36-18-7-10-22-44(36)54(46(40)30-45(39)53)50-34-16-5-4-15-32(34)27-42(52-50)33-25-26-38-37-19-8-11-23-47(37)55-48(38)28-33/h1-3,5-6,8-14,16-17,19-30H,4,7,15,18H2. The van der Waals surface area contributed by atoms with Gasteiger partial charge in [-0.2, -0.15) is 0 Å². The molecule has 0 saturated heterocycles. The number of aromatic nitrogens is 4. The summed E-state index contributed by atoms with van der Waals surface area (Å²) in [6.45, 7) is 0. The van der Waals surface area contributed by atoms with Gasteiger partial charge in [0.05, 0.1) is 33.6 Å². The molecule has 0 amide bonds. The molecule has 0 atom stereocenters. The first-order valence-corrected chi connectivity index (χ1v) is 20.0. The van der Waals surface area contributed by atoms with Crippen molar-refractivity contribution in [3.05, 3.63) is 168 Å².